The summed E-state index contributed by atoms with van der Waals surface area (Å²) in [6.45, 7) is 3.05. The lowest BCUT2D eigenvalue weighted by atomic mass is 9.97. The molecule has 5 N–H and O–H groups in total. The number of carbonyl (C=O) groups is 1. The molecule has 11 nitrogen and oxygen atoms in total. The van der Waals surface area contributed by atoms with E-state index in [4.69, 9.17) is 25.6 Å². The number of amides is 1. The van der Waals surface area contributed by atoms with E-state index in [9.17, 15) is 4.79 Å². The second kappa shape index (κ2) is 11.4. The number of nitrogens with zero attached hydrogens (tertiary/aromatic N) is 3. The predicted molar refractivity (Wildman–Crippen MR) is 123 cm³/mol. The van der Waals surface area contributed by atoms with Crippen molar-refractivity contribution in [3.63, 3.8) is 0 Å². The lowest BCUT2D eigenvalue weighted by molar-refractivity contribution is -0.0553. The summed E-state index contributed by atoms with van der Waals surface area (Å²) >= 11 is 0. The van der Waals surface area contributed by atoms with Gasteiger partial charge in [0.2, 0.25) is 0 Å². The Morgan fingerprint density at radius 1 is 1.24 bits per heavy atom. The Morgan fingerprint density at radius 2 is 1.97 bits per heavy atom. The van der Waals surface area contributed by atoms with Crippen molar-refractivity contribution in [1.29, 1.82) is 5.41 Å². The molecule has 0 unspecified atom stereocenters. The molecular weight excluding hydrogens is 426 g/mol. The minimum absolute atomic E-state index is 0.0245. The fourth-order valence-corrected chi connectivity index (χ4v) is 3.10. The molecule has 1 aromatic carbocycles. The average molecular weight is 456 g/mol. The van der Waals surface area contributed by atoms with Crippen molar-refractivity contribution in [2.45, 2.75) is 32.0 Å². The molecule has 1 saturated heterocycles. The molecule has 1 aliphatic heterocycles. The van der Waals surface area contributed by atoms with E-state index in [0.29, 0.717) is 48.8 Å². The van der Waals surface area contributed by atoms with Crippen molar-refractivity contribution in [3.8, 4) is 0 Å². The topological polar surface area (TPSA) is 147 Å². The van der Waals surface area contributed by atoms with Crippen LogP contribution in [0.1, 0.15) is 31.0 Å². The molecule has 1 aromatic heterocycles. The number of rotatable bonds is 8. The van der Waals surface area contributed by atoms with Crippen molar-refractivity contribution < 1.29 is 19.1 Å². The van der Waals surface area contributed by atoms with Crippen molar-refractivity contribution in [3.05, 3.63) is 59.8 Å². The maximum Gasteiger partial charge on any atom is 0.413 e. The second-order valence-corrected chi connectivity index (χ2v) is 7.71. The van der Waals surface area contributed by atoms with Crippen molar-refractivity contribution >= 4 is 23.5 Å². The first-order valence-corrected chi connectivity index (χ1v) is 10.5. The van der Waals surface area contributed by atoms with Gasteiger partial charge >= 0.3 is 6.09 Å². The van der Waals surface area contributed by atoms with Crippen LogP contribution >= 0.6 is 0 Å². The smallest absolute Gasteiger partial charge is 0.413 e. The molecule has 33 heavy (non-hydrogen) atoms. The summed E-state index contributed by atoms with van der Waals surface area (Å²) in [5.74, 6) is 5.77. The third-order valence-corrected chi connectivity index (χ3v) is 5.10. The molecule has 3 rings (SSSR count). The Labute approximate surface area is 192 Å². The summed E-state index contributed by atoms with van der Waals surface area (Å²) in [7, 11) is 1.59. The number of oxime groups is 1. The highest BCUT2D eigenvalue weighted by molar-refractivity contribution is 6.46. The molecule has 1 amide bonds. The highest BCUT2D eigenvalue weighted by Gasteiger charge is 2.31. The molecule has 0 bridgehead atoms. The summed E-state index contributed by atoms with van der Waals surface area (Å²) in [4.78, 5) is 22.2. The zero-order chi connectivity index (χ0) is 23.7. The van der Waals surface area contributed by atoms with Crippen molar-refractivity contribution in [2.24, 2.45) is 11.0 Å². The molecule has 0 saturated carbocycles. The van der Waals surface area contributed by atoms with Crippen LogP contribution in [0.2, 0.25) is 0 Å². The summed E-state index contributed by atoms with van der Waals surface area (Å²) in [5.41, 5.74) is 3.35. The normalized spacial score (nSPS) is 15.4. The second-order valence-electron chi connectivity index (χ2n) is 7.71. The number of aromatic nitrogens is 1. The van der Waals surface area contributed by atoms with Gasteiger partial charge in [-0.3, -0.25) is 21.6 Å². The van der Waals surface area contributed by atoms with E-state index in [-0.39, 0.29) is 12.4 Å². The van der Waals surface area contributed by atoms with Crippen LogP contribution in [0.3, 0.4) is 0 Å². The molecule has 0 spiro atoms. The number of anilines is 1. The molecule has 1 fully saturated rings. The molecule has 0 aliphatic carbocycles. The summed E-state index contributed by atoms with van der Waals surface area (Å²) in [5, 5.41) is 16.4. The van der Waals surface area contributed by atoms with Crippen LogP contribution < -0.4 is 16.7 Å². The molecule has 176 valence electrons. The zero-order valence-corrected chi connectivity index (χ0v) is 18.7. The number of hydrogen-bond acceptors (Lipinski definition) is 9. The number of amidine groups is 1. The highest BCUT2D eigenvalue weighted by atomic mass is 16.6. The standard InChI is InChI=1S/C22H29N7O4/c1-22(11-13-31-14-12-22)33-21(30)26-18-10-6-9-17(25-18)15-32-27-19(20(23)29(2)28-24)16-7-4-3-5-8-16/h3-10,23,28H,11-15,24H2,1-2H3,(H,25,26,30)/b23-20?,27-19-. The lowest BCUT2D eigenvalue weighted by Gasteiger charge is -2.32. The van der Waals surface area contributed by atoms with Crippen molar-refractivity contribution in [2.75, 3.05) is 25.6 Å². The SMILES string of the molecule is CN(NN)C(=N)/C(=N\OCc1cccc(NC(=O)OC2(C)CCOCC2)n1)c1ccccc1. The van der Waals surface area contributed by atoms with Gasteiger partial charge in [-0.05, 0) is 19.1 Å². The number of benzene rings is 1. The highest BCUT2D eigenvalue weighted by Crippen LogP contribution is 2.24. The molecule has 0 radical (unpaired) electrons. The van der Waals surface area contributed by atoms with E-state index in [1.165, 1.54) is 5.01 Å². The number of ether oxygens (including phenoxy) is 2. The van der Waals surface area contributed by atoms with Gasteiger partial charge in [-0.2, -0.15) is 5.53 Å². The van der Waals surface area contributed by atoms with E-state index in [0.717, 1.165) is 0 Å². The van der Waals surface area contributed by atoms with Gasteiger partial charge in [-0.15, -0.1) is 0 Å². The van der Waals surface area contributed by atoms with Crippen LogP contribution in [0, 0.1) is 5.41 Å². The first kappa shape index (κ1) is 24.1. The van der Waals surface area contributed by atoms with Gasteiger partial charge in [0.05, 0.1) is 18.9 Å². The molecule has 2 aromatic rings. The lowest BCUT2D eigenvalue weighted by Crippen LogP contribution is -2.46. The van der Waals surface area contributed by atoms with Crippen LogP contribution in [-0.4, -0.2) is 53.5 Å². The van der Waals surface area contributed by atoms with Gasteiger partial charge in [-0.25, -0.2) is 9.78 Å². The Kier molecular flexibility index (Phi) is 8.30. The zero-order valence-electron chi connectivity index (χ0n) is 18.7. The maximum atomic E-state index is 12.3. The number of likely N-dealkylation sites (N-methyl/N-ethyl adjacent to an activating group) is 1. The molecule has 1 aliphatic rings. The number of pyridine rings is 1. The fourth-order valence-electron chi connectivity index (χ4n) is 3.10. The summed E-state index contributed by atoms with van der Waals surface area (Å²) in [6.07, 6.45) is 0.723. The van der Waals surface area contributed by atoms with Gasteiger partial charge in [0.1, 0.15) is 11.4 Å². The molecule has 0 atom stereocenters. The Balaban J connectivity index is 1.63. The summed E-state index contributed by atoms with van der Waals surface area (Å²) < 4.78 is 10.9. The minimum Gasteiger partial charge on any atom is -0.443 e. The first-order chi connectivity index (χ1) is 15.9. The average Bonchev–Trinajstić information content (AvgIpc) is 2.81. The Hall–Kier alpha value is -3.54. The van der Waals surface area contributed by atoms with E-state index >= 15 is 0 Å². The van der Waals surface area contributed by atoms with E-state index in [1.54, 1.807) is 25.2 Å². The quantitative estimate of drug-likeness (QED) is 0.205. The summed E-state index contributed by atoms with van der Waals surface area (Å²) in [6, 6.07) is 14.3. The van der Waals surface area contributed by atoms with Gasteiger partial charge in [0.15, 0.2) is 18.2 Å². The van der Waals surface area contributed by atoms with E-state index in [1.807, 2.05) is 37.3 Å². The minimum atomic E-state index is -0.569. The number of hydrogen-bond donors (Lipinski definition) is 4. The number of nitrogens with one attached hydrogen (secondary N) is 3. The predicted octanol–water partition coefficient (Wildman–Crippen LogP) is 2.41. The Bertz CT molecular complexity index is 978. The third-order valence-electron chi connectivity index (χ3n) is 5.10. The first-order valence-electron chi connectivity index (χ1n) is 10.5. The number of carbonyl (C=O) groups excluding carboxylic acids is 1. The monoisotopic (exact) mass is 455 g/mol. The van der Waals surface area contributed by atoms with Crippen LogP contribution in [0.25, 0.3) is 0 Å². The van der Waals surface area contributed by atoms with Crippen molar-refractivity contribution in [1.82, 2.24) is 15.5 Å². The molecule has 11 heteroatoms. The Morgan fingerprint density at radius 3 is 2.67 bits per heavy atom. The van der Waals surface area contributed by atoms with Crippen LogP contribution in [-0.2, 0) is 20.9 Å². The van der Waals surface area contributed by atoms with Gasteiger partial charge < -0.3 is 14.3 Å². The van der Waals surface area contributed by atoms with E-state index < -0.39 is 11.7 Å². The number of nitrogens with two attached hydrogens (primary N) is 1. The van der Waals surface area contributed by atoms with Crippen LogP contribution in [0.5, 0.6) is 0 Å². The molecule has 2 heterocycles. The van der Waals surface area contributed by atoms with Crippen LogP contribution in [0.15, 0.2) is 53.7 Å². The molecular formula is C22H29N7O4. The number of hydrazine groups is 2. The largest absolute Gasteiger partial charge is 0.443 e. The maximum absolute atomic E-state index is 12.3. The third kappa shape index (κ3) is 6.97. The van der Waals surface area contributed by atoms with Gasteiger partial charge in [0, 0.05) is 25.5 Å². The van der Waals surface area contributed by atoms with Crippen LogP contribution in [0.4, 0.5) is 10.6 Å². The van der Waals surface area contributed by atoms with Gasteiger partial charge in [-0.1, -0.05) is 41.6 Å². The van der Waals surface area contributed by atoms with E-state index in [2.05, 4.69) is 21.0 Å². The van der Waals surface area contributed by atoms with Gasteiger partial charge in [0.25, 0.3) is 0 Å². The fraction of sp³-hybridized carbons (Fsp3) is 0.364.